The molecular formula is C12H15Br2NO2S. The van der Waals surface area contributed by atoms with Crippen LogP contribution in [0.3, 0.4) is 0 Å². The minimum Gasteiger partial charge on any atom is -0.211 e. The van der Waals surface area contributed by atoms with Crippen LogP contribution < -0.4 is 4.72 Å². The van der Waals surface area contributed by atoms with Crippen LogP contribution in [-0.2, 0) is 10.0 Å². The second-order valence-electron chi connectivity index (χ2n) is 4.72. The molecule has 0 amide bonds. The van der Waals surface area contributed by atoms with Gasteiger partial charge in [0.1, 0.15) is 0 Å². The standard InChI is InChI=1S/C12H15Br2NO2S/c13-8-7-12(5-6-12)9-15-18(16,17)11-3-1-10(14)2-4-11/h1-4,15H,5-9H2. The SMILES string of the molecule is O=S(=O)(NCC1(CCBr)CC1)c1ccc(Br)cc1. The highest BCUT2D eigenvalue weighted by Gasteiger charge is 2.42. The summed E-state index contributed by atoms with van der Waals surface area (Å²) in [6.45, 7) is 0.539. The van der Waals surface area contributed by atoms with E-state index in [-0.39, 0.29) is 5.41 Å². The monoisotopic (exact) mass is 395 g/mol. The first-order valence-electron chi connectivity index (χ1n) is 5.79. The molecule has 0 radical (unpaired) electrons. The number of benzene rings is 1. The smallest absolute Gasteiger partial charge is 0.211 e. The fourth-order valence-corrected chi connectivity index (χ4v) is 4.10. The van der Waals surface area contributed by atoms with Gasteiger partial charge in [-0.25, -0.2) is 13.1 Å². The predicted octanol–water partition coefficient (Wildman–Crippen LogP) is 3.29. The number of nitrogens with one attached hydrogen (secondary N) is 1. The van der Waals surface area contributed by atoms with E-state index in [1.165, 1.54) is 0 Å². The summed E-state index contributed by atoms with van der Waals surface area (Å²) in [5, 5.41) is 0.924. The molecule has 3 nitrogen and oxygen atoms in total. The molecule has 1 N–H and O–H groups in total. The van der Waals surface area contributed by atoms with E-state index in [0.717, 1.165) is 29.1 Å². The Bertz CT molecular complexity index is 509. The van der Waals surface area contributed by atoms with Crippen LogP contribution in [0.15, 0.2) is 33.6 Å². The Labute approximate surface area is 125 Å². The van der Waals surface area contributed by atoms with Crippen molar-refractivity contribution in [3.8, 4) is 0 Å². The third-order valence-corrected chi connectivity index (χ3v) is 5.69. The molecule has 0 aliphatic heterocycles. The van der Waals surface area contributed by atoms with Crippen LogP contribution in [0.2, 0.25) is 0 Å². The van der Waals surface area contributed by atoms with Gasteiger partial charge in [0.15, 0.2) is 0 Å². The van der Waals surface area contributed by atoms with Crippen LogP contribution in [0.4, 0.5) is 0 Å². The molecule has 0 unspecified atom stereocenters. The van der Waals surface area contributed by atoms with Gasteiger partial charge < -0.3 is 0 Å². The lowest BCUT2D eigenvalue weighted by Crippen LogP contribution is -2.30. The molecule has 0 heterocycles. The number of hydrogen-bond acceptors (Lipinski definition) is 2. The van der Waals surface area contributed by atoms with E-state index in [9.17, 15) is 8.42 Å². The van der Waals surface area contributed by atoms with Gasteiger partial charge in [-0.05, 0) is 48.9 Å². The first kappa shape index (κ1) is 14.5. The maximum Gasteiger partial charge on any atom is 0.240 e. The Morgan fingerprint density at radius 2 is 1.83 bits per heavy atom. The van der Waals surface area contributed by atoms with Crippen molar-refractivity contribution < 1.29 is 8.42 Å². The van der Waals surface area contributed by atoms with Gasteiger partial charge in [0.05, 0.1) is 4.90 Å². The van der Waals surface area contributed by atoms with Crippen molar-refractivity contribution in [2.45, 2.75) is 24.2 Å². The van der Waals surface area contributed by atoms with Crippen molar-refractivity contribution in [2.75, 3.05) is 11.9 Å². The lowest BCUT2D eigenvalue weighted by molar-refractivity contribution is 0.480. The van der Waals surface area contributed by atoms with Gasteiger partial charge >= 0.3 is 0 Å². The second kappa shape index (κ2) is 5.61. The van der Waals surface area contributed by atoms with E-state index in [1.807, 2.05) is 0 Å². The zero-order valence-electron chi connectivity index (χ0n) is 9.83. The normalized spacial score (nSPS) is 17.7. The fraction of sp³-hybridized carbons (Fsp3) is 0.500. The van der Waals surface area contributed by atoms with Crippen LogP contribution in [0.25, 0.3) is 0 Å². The van der Waals surface area contributed by atoms with E-state index in [2.05, 4.69) is 36.6 Å². The van der Waals surface area contributed by atoms with E-state index >= 15 is 0 Å². The van der Waals surface area contributed by atoms with Gasteiger partial charge in [-0.15, -0.1) is 0 Å². The topological polar surface area (TPSA) is 46.2 Å². The minimum absolute atomic E-state index is 0.186. The molecule has 6 heteroatoms. The number of alkyl halides is 1. The van der Waals surface area contributed by atoms with Crippen molar-refractivity contribution in [3.05, 3.63) is 28.7 Å². The zero-order valence-corrected chi connectivity index (χ0v) is 13.8. The lowest BCUT2D eigenvalue weighted by Gasteiger charge is -2.14. The van der Waals surface area contributed by atoms with E-state index in [4.69, 9.17) is 0 Å². The Morgan fingerprint density at radius 1 is 1.22 bits per heavy atom. The van der Waals surface area contributed by atoms with Gasteiger partial charge in [0.25, 0.3) is 0 Å². The number of sulfonamides is 1. The van der Waals surface area contributed by atoms with Crippen LogP contribution >= 0.6 is 31.9 Å². The molecule has 0 spiro atoms. The third kappa shape index (κ3) is 3.56. The van der Waals surface area contributed by atoms with Crippen molar-refractivity contribution in [1.82, 2.24) is 4.72 Å². The molecule has 1 aromatic rings. The highest BCUT2D eigenvalue weighted by molar-refractivity contribution is 9.10. The summed E-state index contributed by atoms with van der Waals surface area (Å²) in [5.41, 5.74) is 0.186. The van der Waals surface area contributed by atoms with Gasteiger partial charge in [0, 0.05) is 16.3 Å². The summed E-state index contributed by atoms with van der Waals surface area (Å²) in [6.07, 6.45) is 3.25. The average Bonchev–Trinajstić information content (AvgIpc) is 3.08. The first-order chi connectivity index (χ1) is 8.47. The molecular weight excluding hydrogens is 382 g/mol. The Hall–Kier alpha value is 0.0900. The highest BCUT2D eigenvalue weighted by Crippen LogP contribution is 2.48. The summed E-state index contributed by atoms with van der Waals surface area (Å²) in [7, 11) is -3.37. The third-order valence-electron chi connectivity index (χ3n) is 3.34. The summed E-state index contributed by atoms with van der Waals surface area (Å²) >= 11 is 6.71. The molecule has 18 heavy (non-hydrogen) atoms. The number of hydrogen-bond donors (Lipinski definition) is 1. The fourth-order valence-electron chi connectivity index (χ4n) is 1.84. The van der Waals surface area contributed by atoms with Crippen molar-refractivity contribution >= 4 is 41.9 Å². The molecule has 0 bridgehead atoms. The molecule has 1 aliphatic carbocycles. The van der Waals surface area contributed by atoms with Crippen LogP contribution in [0.1, 0.15) is 19.3 Å². The molecule has 1 saturated carbocycles. The highest BCUT2D eigenvalue weighted by atomic mass is 79.9. The zero-order chi connectivity index (χ0) is 13.2. The molecule has 0 atom stereocenters. The molecule has 1 aromatic carbocycles. The molecule has 0 saturated heterocycles. The second-order valence-corrected chi connectivity index (χ2v) is 8.19. The first-order valence-corrected chi connectivity index (χ1v) is 9.18. The summed E-state index contributed by atoms with van der Waals surface area (Å²) in [6, 6.07) is 6.69. The molecule has 1 aliphatic rings. The van der Waals surface area contributed by atoms with Gasteiger partial charge in [-0.3, -0.25) is 0 Å². The maximum absolute atomic E-state index is 12.1. The molecule has 100 valence electrons. The van der Waals surface area contributed by atoms with Crippen molar-refractivity contribution in [1.29, 1.82) is 0 Å². The maximum atomic E-state index is 12.1. The number of halogens is 2. The van der Waals surface area contributed by atoms with Crippen LogP contribution in [-0.4, -0.2) is 20.3 Å². The van der Waals surface area contributed by atoms with Crippen molar-refractivity contribution in [3.63, 3.8) is 0 Å². The van der Waals surface area contributed by atoms with Gasteiger partial charge in [-0.1, -0.05) is 31.9 Å². The molecule has 1 fully saturated rings. The summed E-state index contributed by atoms with van der Waals surface area (Å²) in [4.78, 5) is 0.320. The van der Waals surface area contributed by atoms with Crippen molar-refractivity contribution in [2.24, 2.45) is 5.41 Å². The number of rotatable bonds is 6. The van der Waals surface area contributed by atoms with E-state index in [1.54, 1.807) is 24.3 Å². The Balaban J connectivity index is 2.02. The Kier molecular flexibility index (Phi) is 4.52. The van der Waals surface area contributed by atoms with E-state index in [0.29, 0.717) is 11.4 Å². The predicted molar refractivity (Wildman–Crippen MR) is 79.4 cm³/mol. The summed E-state index contributed by atoms with van der Waals surface area (Å²) < 4.78 is 27.8. The Morgan fingerprint density at radius 3 is 2.33 bits per heavy atom. The van der Waals surface area contributed by atoms with Crippen LogP contribution in [0.5, 0.6) is 0 Å². The largest absolute Gasteiger partial charge is 0.240 e. The van der Waals surface area contributed by atoms with Crippen LogP contribution in [0, 0.1) is 5.41 Å². The lowest BCUT2D eigenvalue weighted by atomic mass is 10.1. The molecule has 2 rings (SSSR count). The van der Waals surface area contributed by atoms with E-state index < -0.39 is 10.0 Å². The van der Waals surface area contributed by atoms with Gasteiger partial charge in [-0.2, -0.15) is 0 Å². The van der Waals surface area contributed by atoms with Gasteiger partial charge in [0.2, 0.25) is 10.0 Å². The molecule has 0 aromatic heterocycles. The minimum atomic E-state index is -3.37. The summed E-state index contributed by atoms with van der Waals surface area (Å²) in [5.74, 6) is 0. The quantitative estimate of drug-likeness (QED) is 0.750. The average molecular weight is 397 g/mol.